The minimum Gasteiger partial charge on any atom is -0.478 e. The molecule has 1 aliphatic rings. The van der Waals surface area contributed by atoms with Crippen LogP contribution in [0.3, 0.4) is 0 Å². The van der Waals surface area contributed by atoms with Gasteiger partial charge in [-0.2, -0.15) is 0 Å². The zero-order valence-corrected chi connectivity index (χ0v) is 16.8. The number of ether oxygens (including phenoxy) is 1. The van der Waals surface area contributed by atoms with Gasteiger partial charge in [-0.1, -0.05) is 6.92 Å². The predicted octanol–water partition coefficient (Wildman–Crippen LogP) is 4.64. The van der Waals surface area contributed by atoms with Gasteiger partial charge in [0.1, 0.15) is 11.6 Å². The van der Waals surface area contributed by atoms with E-state index in [4.69, 9.17) is 4.74 Å². The Morgan fingerprint density at radius 1 is 1.24 bits per heavy atom. The number of anilines is 1. The number of aryl methyl sites for hydroxylation is 1. The van der Waals surface area contributed by atoms with Crippen molar-refractivity contribution in [3.8, 4) is 17.0 Å². The number of nitrogens with zero attached hydrogens (tertiary/aromatic N) is 2. The van der Waals surface area contributed by atoms with Crippen LogP contribution in [-0.4, -0.2) is 29.3 Å². The van der Waals surface area contributed by atoms with Gasteiger partial charge in [0, 0.05) is 16.5 Å². The fourth-order valence-electron chi connectivity index (χ4n) is 3.27. The molecule has 148 valence electrons. The zero-order valence-electron chi connectivity index (χ0n) is 16.0. The standard InChI is InChI=1S/C22H19FN2O3S/c1-3-20-22(27)25(11-19(26)14-4-7-16(23)8-5-14)18-10-15(6-9-21(18)28-20)17-12-29-13(2)24-17/h4-10,12,20H,3,11H2,1-2H3. The number of halogens is 1. The number of Topliss-reactive ketones (excluding diaryl/α,β-unsaturated/α-hetero) is 1. The summed E-state index contributed by atoms with van der Waals surface area (Å²) >= 11 is 1.54. The van der Waals surface area contributed by atoms with E-state index < -0.39 is 11.9 Å². The van der Waals surface area contributed by atoms with Gasteiger partial charge in [0.2, 0.25) is 0 Å². The molecule has 3 aromatic rings. The molecule has 2 aromatic carbocycles. The quantitative estimate of drug-likeness (QED) is 0.575. The topological polar surface area (TPSA) is 59.5 Å². The second-order valence-corrected chi connectivity index (χ2v) is 7.87. The van der Waals surface area contributed by atoms with Crippen molar-refractivity contribution in [2.24, 2.45) is 0 Å². The molecule has 1 aliphatic heterocycles. The van der Waals surface area contributed by atoms with Gasteiger partial charge in [-0.3, -0.25) is 14.5 Å². The number of hydrogen-bond acceptors (Lipinski definition) is 5. The van der Waals surface area contributed by atoms with E-state index in [0.717, 1.165) is 16.3 Å². The first-order valence-corrected chi connectivity index (χ1v) is 10.2. The van der Waals surface area contributed by atoms with E-state index in [2.05, 4.69) is 4.98 Å². The van der Waals surface area contributed by atoms with Gasteiger partial charge < -0.3 is 4.74 Å². The molecule has 0 saturated heterocycles. The highest BCUT2D eigenvalue weighted by atomic mass is 32.1. The number of fused-ring (bicyclic) bond motifs is 1. The summed E-state index contributed by atoms with van der Waals surface area (Å²) in [6.07, 6.45) is -0.150. The Morgan fingerprint density at radius 3 is 2.66 bits per heavy atom. The molecule has 0 saturated carbocycles. The highest BCUT2D eigenvalue weighted by Gasteiger charge is 2.34. The van der Waals surface area contributed by atoms with Gasteiger partial charge >= 0.3 is 0 Å². The fraction of sp³-hybridized carbons (Fsp3) is 0.227. The van der Waals surface area contributed by atoms with Crippen LogP contribution in [0, 0.1) is 12.7 Å². The number of aromatic nitrogens is 1. The molecule has 1 unspecified atom stereocenters. The summed E-state index contributed by atoms with van der Waals surface area (Å²) in [6.45, 7) is 3.65. The highest BCUT2D eigenvalue weighted by molar-refractivity contribution is 7.09. The molecule has 4 rings (SSSR count). The van der Waals surface area contributed by atoms with Crippen molar-refractivity contribution in [1.82, 2.24) is 4.98 Å². The lowest BCUT2D eigenvalue weighted by Gasteiger charge is -2.34. The largest absolute Gasteiger partial charge is 0.478 e. The predicted molar refractivity (Wildman–Crippen MR) is 110 cm³/mol. The van der Waals surface area contributed by atoms with Crippen molar-refractivity contribution in [1.29, 1.82) is 0 Å². The van der Waals surface area contributed by atoms with E-state index in [1.165, 1.54) is 29.2 Å². The second kappa shape index (κ2) is 7.75. The van der Waals surface area contributed by atoms with Crippen molar-refractivity contribution >= 4 is 28.7 Å². The Kier molecular flexibility index (Phi) is 5.15. The van der Waals surface area contributed by atoms with E-state index in [-0.39, 0.29) is 18.2 Å². The van der Waals surface area contributed by atoms with Crippen LogP contribution in [-0.2, 0) is 4.79 Å². The number of rotatable bonds is 5. The average molecular weight is 410 g/mol. The van der Waals surface area contributed by atoms with Crippen LogP contribution in [0.2, 0.25) is 0 Å². The summed E-state index contributed by atoms with van der Waals surface area (Å²) in [5, 5.41) is 2.89. The van der Waals surface area contributed by atoms with Crippen LogP contribution in [0.4, 0.5) is 10.1 Å². The fourth-order valence-corrected chi connectivity index (χ4v) is 3.89. The van der Waals surface area contributed by atoms with Crippen molar-refractivity contribution in [3.05, 3.63) is 64.2 Å². The third-order valence-electron chi connectivity index (χ3n) is 4.81. The highest BCUT2D eigenvalue weighted by Crippen LogP contribution is 2.38. The van der Waals surface area contributed by atoms with Gasteiger partial charge in [-0.25, -0.2) is 9.37 Å². The number of ketones is 1. The minimum atomic E-state index is -0.643. The number of carbonyl (C=O) groups excluding carboxylic acids is 2. The maximum absolute atomic E-state index is 13.2. The monoisotopic (exact) mass is 410 g/mol. The van der Waals surface area contributed by atoms with Crippen LogP contribution in [0.1, 0.15) is 28.7 Å². The molecule has 2 heterocycles. The lowest BCUT2D eigenvalue weighted by Crippen LogP contribution is -2.47. The lowest BCUT2D eigenvalue weighted by molar-refractivity contribution is -0.126. The molecule has 0 N–H and O–H groups in total. The van der Waals surface area contributed by atoms with Crippen molar-refractivity contribution in [2.45, 2.75) is 26.4 Å². The number of hydrogen-bond donors (Lipinski definition) is 0. The smallest absolute Gasteiger partial charge is 0.268 e. The first-order chi connectivity index (χ1) is 14.0. The average Bonchev–Trinajstić information content (AvgIpc) is 3.16. The maximum atomic E-state index is 13.2. The Balaban J connectivity index is 1.71. The summed E-state index contributed by atoms with van der Waals surface area (Å²) in [5.41, 5.74) is 2.55. The third-order valence-corrected chi connectivity index (χ3v) is 5.59. The number of thiazole rings is 1. The number of amides is 1. The summed E-state index contributed by atoms with van der Waals surface area (Å²) in [5.74, 6) is -0.388. The minimum absolute atomic E-state index is 0.142. The molecular formula is C22H19FN2O3S. The molecular weight excluding hydrogens is 391 g/mol. The first kappa shape index (κ1) is 19.3. The van der Waals surface area contributed by atoms with Gasteiger partial charge in [-0.15, -0.1) is 11.3 Å². The van der Waals surface area contributed by atoms with E-state index >= 15 is 0 Å². The molecule has 5 nitrogen and oxygen atoms in total. The van der Waals surface area contributed by atoms with Gasteiger partial charge in [0.05, 0.1) is 22.9 Å². The third kappa shape index (κ3) is 3.78. The summed E-state index contributed by atoms with van der Waals surface area (Å²) in [4.78, 5) is 31.7. The summed E-state index contributed by atoms with van der Waals surface area (Å²) in [6, 6.07) is 10.9. The maximum Gasteiger partial charge on any atom is 0.268 e. The number of carbonyl (C=O) groups is 2. The van der Waals surface area contributed by atoms with Crippen LogP contribution in [0.15, 0.2) is 47.8 Å². The molecule has 29 heavy (non-hydrogen) atoms. The van der Waals surface area contributed by atoms with Crippen molar-refractivity contribution in [2.75, 3.05) is 11.4 Å². The molecule has 1 amide bonds. The lowest BCUT2D eigenvalue weighted by atomic mass is 10.1. The second-order valence-electron chi connectivity index (χ2n) is 6.80. The van der Waals surface area contributed by atoms with Gasteiger partial charge in [-0.05, 0) is 55.8 Å². The van der Waals surface area contributed by atoms with Crippen molar-refractivity contribution < 1.29 is 18.7 Å². The Morgan fingerprint density at radius 2 is 2.00 bits per heavy atom. The van der Waals surface area contributed by atoms with Crippen LogP contribution in [0.5, 0.6) is 5.75 Å². The molecule has 1 aromatic heterocycles. The van der Waals surface area contributed by atoms with E-state index in [1.807, 2.05) is 37.4 Å². The molecule has 7 heteroatoms. The SMILES string of the molecule is CCC1Oc2ccc(-c3csc(C)n3)cc2N(CC(=O)c2ccc(F)cc2)C1=O. The Bertz CT molecular complexity index is 1080. The number of benzene rings is 2. The summed E-state index contributed by atoms with van der Waals surface area (Å²) in [7, 11) is 0. The van der Waals surface area contributed by atoms with Gasteiger partial charge in [0.25, 0.3) is 5.91 Å². The molecule has 0 spiro atoms. The molecule has 0 fully saturated rings. The zero-order chi connectivity index (χ0) is 20.5. The van der Waals surface area contributed by atoms with Crippen LogP contribution < -0.4 is 9.64 Å². The summed E-state index contributed by atoms with van der Waals surface area (Å²) < 4.78 is 19.0. The Hall–Kier alpha value is -3.06. The normalized spacial score (nSPS) is 15.8. The molecule has 0 radical (unpaired) electrons. The first-order valence-electron chi connectivity index (χ1n) is 9.29. The Labute approximate surface area is 171 Å². The van der Waals surface area contributed by atoms with Crippen LogP contribution >= 0.6 is 11.3 Å². The van der Waals surface area contributed by atoms with Crippen LogP contribution in [0.25, 0.3) is 11.3 Å². The van der Waals surface area contributed by atoms with E-state index in [1.54, 1.807) is 11.3 Å². The molecule has 1 atom stereocenters. The molecule has 0 bridgehead atoms. The molecule has 0 aliphatic carbocycles. The van der Waals surface area contributed by atoms with E-state index in [9.17, 15) is 14.0 Å². The van der Waals surface area contributed by atoms with Gasteiger partial charge in [0.15, 0.2) is 11.9 Å². The van der Waals surface area contributed by atoms with E-state index in [0.29, 0.717) is 23.4 Å². The van der Waals surface area contributed by atoms with Crippen molar-refractivity contribution in [3.63, 3.8) is 0 Å².